The summed E-state index contributed by atoms with van der Waals surface area (Å²) in [5.74, 6) is 1.73. The zero-order valence-corrected chi connectivity index (χ0v) is 21.1. The van der Waals surface area contributed by atoms with Crippen molar-refractivity contribution in [2.75, 3.05) is 39.0 Å². The quantitative estimate of drug-likeness (QED) is 0.552. The molecule has 0 spiro atoms. The molecule has 188 valence electrons. The number of carbonyl (C=O) groups excluding carboxylic acids is 1. The van der Waals surface area contributed by atoms with Crippen LogP contribution in [-0.4, -0.2) is 77.2 Å². The summed E-state index contributed by atoms with van der Waals surface area (Å²) in [5, 5.41) is 6.67. The number of likely N-dealkylation sites (N-methyl/N-ethyl adjacent to an activating group) is 1. The molecule has 2 fully saturated rings. The summed E-state index contributed by atoms with van der Waals surface area (Å²) in [6.45, 7) is 10.3. The van der Waals surface area contributed by atoms with Gasteiger partial charge in [-0.1, -0.05) is 25.5 Å². The largest absolute Gasteiger partial charge is 0.404 e. The number of anilines is 1. The molecule has 1 saturated heterocycles. The molecule has 1 aromatic rings. The fourth-order valence-electron chi connectivity index (χ4n) is 5.01. The van der Waals surface area contributed by atoms with Crippen LogP contribution in [-0.2, 0) is 11.3 Å². The number of rotatable bonds is 7. The predicted molar refractivity (Wildman–Crippen MR) is 140 cm³/mol. The Morgan fingerprint density at radius 2 is 2.14 bits per heavy atom. The third-order valence-electron chi connectivity index (χ3n) is 6.73. The van der Waals surface area contributed by atoms with E-state index >= 15 is 0 Å². The number of hydrogen-bond donors (Lipinski definition) is 3. The van der Waals surface area contributed by atoms with Crippen molar-refractivity contribution in [2.24, 2.45) is 10.7 Å². The molecule has 4 N–H and O–H groups in total. The first-order valence-electron chi connectivity index (χ1n) is 12.5. The van der Waals surface area contributed by atoms with Gasteiger partial charge < -0.3 is 26.2 Å². The van der Waals surface area contributed by atoms with Crippen LogP contribution in [0.5, 0.6) is 0 Å². The molecule has 0 aromatic carbocycles. The molecule has 9 heteroatoms. The molecule has 35 heavy (non-hydrogen) atoms. The van der Waals surface area contributed by atoms with Gasteiger partial charge in [0.15, 0.2) is 0 Å². The summed E-state index contributed by atoms with van der Waals surface area (Å²) < 4.78 is 0. The monoisotopic (exact) mass is 478 g/mol. The van der Waals surface area contributed by atoms with Crippen molar-refractivity contribution in [1.82, 2.24) is 25.0 Å². The van der Waals surface area contributed by atoms with E-state index in [2.05, 4.69) is 40.1 Å². The Labute approximate surface area is 208 Å². The molecule has 0 radical (unpaired) electrons. The molecule has 3 aliphatic rings. The van der Waals surface area contributed by atoms with Crippen LogP contribution in [0.25, 0.3) is 0 Å². The number of nitrogens with two attached hydrogens (primary N) is 1. The normalized spacial score (nSPS) is 23.7. The molecule has 2 aliphatic heterocycles. The highest BCUT2D eigenvalue weighted by Gasteiger charge is 2.37. The van der Waals surface area contributed by atoms with Crippen LogP contribution in [0.2, 0.25) is 0 Å². The van der Waals surface area contributed by atoms with Gasteiger partial charge in [-0.25, -0.2) is 9.98 Å². The number of nitrogens with zero attached hydrogens (tertiary/aromatic N) is 5. The topological polar surface area (TPSA) is 102 Å². The number of amidine groups is 1. The first kappa shape index (κ1) is 24.9. The van der Waals surface area contributed by atoms with Crippen molar-refractivity contribution in [3.05, 3.63) is 59.8 Å². The van der Waals surface area contributed by atoms with E-state index in [0.717, 1.165) is 57.4 Å². The van der Waals surface area contributed by atoms with E-state index in [1.165, 1.54) is 11.8 Å². The highest BCUT2D eigenvalue weighted by molar-refractivity contribution is 6.12. The number of pyridine rings is 1. The first-order chi connectivity index (χ1) is 16.9. The van der Waals surface area contributed by atoms with Crippen LogP contribution in [0.15, 0.2) is 59.3 Å². The van der Waals surface area contributed by atoms with Crippen LogP contribution in [0.4, 0.5) is 5.82 Å². The fourth-order valence-corrected chi connectivity index (χ4v) is 5.01. The Hall–Kier alpha value is -3.17. The lowest BCUT2D eigenvalue weighted by Gasteiger charge is -2.31. The molecule has 4 rings (SSSR count). The molecular weight excluding hydrogens is 440 g/mol. The molecule has 1 saturated carbocycles. The maximum atomic E-state index is 12.9. The smallest absolute Gasteiger partial charge is 0.270 e. The second-order valence-electron chi connectivity index (χ2n) is 9.81. The SMILES string of the molecule is C=C(/N=C1\C(=C/N)C=C(C(=O)N(C)C)N1C1CCCC1)Nc1ccc(CN2CCNC(C)C2)cn1. The Bertz CT molecular complexity index is 1020. The van der Waals surface area contributed by atoms with Crippen LogP contribution in [0.3, 0.4) is 0 Å². The number of aromatic nitrogens is 1. The zero-order chi connectivity index (χ0) is 24.9. The Kier molecular flexibility index (Phi) is 7.87. The third-order valence-corrected chi connectivity index (χ3v) is 6.73. The molecular formula is C26H38N8O. The van der Waals surface area contributed by atoms with Crippen molar-refractivity contribution in [1.29, 1.82) is 0 Å². The van der Waals surface area contributed by atoms with Gasteiger partial charge in [0.1, 0.15) is 23.2 Å². The number of piperazine rings is 1. The van der Waals surface area contributed by atoms with Crippen LogP contribution in [0, 0.1) is 0 Å². The lowest BCUT2D eigenvalue weighted by Crippen LogP contribution is -2.48. The second kappa shape index (κ2) is 11.0. The molecule has 9 nitrogen and oxygen atoms in total. The van der Waals surface area contributed by atoms with Gasteiger partial charge in [-0.2, -0.15) is 0 Å². The van der Waals surface area contributed by atoms with Crippen molar-refractivity contribution in [3.8, 4) is 0 Å². The van der Waals surface area contributed by atoms with E-state index in [-0.39, 0.29) is 11.9 Å². The predicted octanol–water partition coefficient (Wildman–Crippen LogP) is 2.23. The average Bonchev–Trinajstić information content (AvgIpc) is 3.47. The lowest BCUT2D eigenvalue weighted by molar-refractivity contribution is -0.126. The molecule has 0 bridgehead atoms. The number of amides is 1. The molecule has 3 heterocycles. The minimum atomic E-state index is -0.0591. The maximum Gasteiger partial charge on any atom is 0.270 e. The summed E-state index contributed by atoms with van der Waals surface area (Å²) in [4.78, 5) is 28.3. The molecule has 1 amide bonds. The van der Waals surface area contributed by atoms with Crippen molar-refractivity contribution < 1.29 is 4.79 Å². The van der Waals surface area contributed by atoms with E-state index < -0.39 is 0 Å². The maximum absolute atomic E-state index is 12.9. The van der Waals surface area contributed by atoms with E-state index in [1.807, 2.05) is 23.2 Å². The highest BCUT2D eigenvalue weighted by Crippen LogP contribution is 2.33. The zero-order valence-electron chi connectivity index (χ0n) is 21.1. The summed E-state index contributed by atoms with van der Waals surface area (Å²) in [5.41, 5.74) is 8.45. The fraction of sp³-hybridized carbons (Fsp3) is 0.500. The third kappa shape index (κ3) is 5.91. The molecule has 1 aromatic heterocycles. The van der Waals surface area contributed by atoms with E-state index in [0.29, 0.717) is 29.2 Å². The highest BCUT2D eigenvalue weighted by atomic mass is 16.2. The van der Waals surface area contributed by atoms with Gasteiger partial charge in [0.25, 0.3) is 5.91 Å². The number of nitrogens with one attached hydrogen (secondary N) is 2. The van der Waals surface area contributed by atoms with Crippen LogP contribution < -0.4 is 16.4 Å². The summed E-state index contributed by atoms with van der Waals surface area (Å²) in [6.07, 6.45) is 9.55. The molecule has 1 atom stereocenters. The van der Waals surface area contributed by atoms with Gasteiger partial charge in [0, 0.05) is 70.3 Å². The van der Waals surface area contributed by atoms with E-state index in [9.17, 15) is 4.79 Å². The Balaban J connectivity index is 1.47. The van der Waals surface area contributed by atoms with Gasteiger partial charge in [-0.05, 0) is 37.5 Å². The second-order valence-corrected chi connectivity index (χ2v) is 9.81. The van der Waals surface area contributed by atoms with E-state index in [4.69, 9.17) is 10.7 Å². The van der Waals surface area contributed by atoms with Gasteiger partial charge in [0.05, 0.1) is 0 Å². The first-order valence-corrected chi connectivity index (χ1v) is 12.5. The number of hydrogen-bond acceptors (Lipinski definition) is 7. The summed E-state index contributed by atoms with van der Waals surface area (Å²) in [6, 6.07) is 4.77. The summed E-state index contributed by atoms with van der Waals surface area (Å²) in [7, 11) is 3.52. The van der Waals surface area contributed by atoms with Crippen LogP contribution in [0.1, 0.15) is 38.2 Å². The Morgan fingerprint density at radius 1 is 1.37 bits per heavy atom. The summed E-state index contributed by atoms with van der Waals surface area (Å²) >= 11 is 0. The van der Waals surface area contributed by atoms with Crippen LogP contribution >= 0.6 is 0 Å². The Morgan fingerprint density at radius 3 is 2.77 bits per heavy atom. The lowest BCUT2D eigenvalue weighted by atomic mass is 10.2. The average molecular weight is 479 g/mol. The van der Waals surface area contributed by atoms with Crippen molar-refractivity contribution in [3.63, 3.8) is 0 Å². The molecule has 1 unspecified atom stereocenters. The number of aliphatic imine (C=N–C) groups is 1. The molecule has 1 aliphatic carbocycles. The van der Waals surface area contributed by atoms with E-state index in [1.54, 1.807) is 19.0 Å². The minimum absolute atomic E-state index is 0.0591. The standard InChI is InChI=1S/C26H38N8O/c1-18-16-33(12-11-28-18)17-20-9-10-24(29-15-20)30-19(2)31-25-21(14-27)13-23(26(35)32(3)4)34(25)22-7-5-6-8-22/h9-10,13-15,18,22,28H,2,5-8,11-12,16-17,27H2,1,3-4H3,(H,29,30)/b21-14-,31-25+. The number of carbonyl (C=O) groups is 1. The minimum Gasteiger partial charge on any atom is -0.404 e. The van der Waals surface area contributed by atoms with Gasteiger partial charge in [0.2, 0.25) is 0 Å². The van der Waals surface area contributed by atoms with Gasteiger partial charge >= 0.3 is 0 Å². The van der Waals surface area contributed by atoms with Crippen molar-refractivity contribution in [2.45, 2.75) is 51.2 Å². The van der Waals surface area contributed by atoms with Crippen molar-refractivity contribution >= 4 is 17.6 Å². The van der Waals surface area contributed by atoms with Gasteiger partial charge in [-0.15, -0.1) is 0 Å². The van der Waals surface area contributed by atoms with Gasteiger partial charge in [-0.3, -0.25) is 9.69 Å².